The van der Waals surface area contributed by atoms with E-state index in [1.165, 1.54) is 0 Å². The van der Waals surface area contributed by atoms with Crippen molar-refractivity contribution >= 4 is 23.7 Å². The number of amides is 2. The van der Waals surface area contributed by atoms with Gasteiger partial charge in [-0.3, -0.25) is 9.59 Å². The van der Waals surface area contributed by atoms with Crippen molar-refractivity contribution in [1.29, 1.82) is 0 Å². The highest BCUT2D eigenvalue weighted by molar-refractivity contribution is 6.04. The van der Waals surface area contributed by atoms with E-state index in [1.807, 2.05) is 36.4 Å². The minimum absolute atomic E-state index is 0.0353. The van der Waals surface area contributed by atoms with E-state index in [2.05, 4.69) is 34.6 Å². The molecule has 7 heteroatoms. The van der Waals surface area contributed by atoms with E-state index in [4.69, 9.17) is 9.84 Å². The predicted octanol–water partition coefficient (Wildman–Crippen LogP) is 3.79. The maximum Gasteiger partial charge on any atom is 0.407 e. The molecule has 3 aromatic rings. The Bertz CT molecular complexity index is 1260. The number of benzene rings is 3. The van der Waals surface area contributed by atoms with E-state index in [-0.39, 0.29) is 25.5 Å². The number of carbonyl (C=O) groups excluding carboxylic acids is 2. The molecular weight excluding hydrogens is 432 g/mol. The van der Waals surface area contributed by atoms with E-state index in [9.17, 15) is 14.4 Å². The summed E-state index contributed by atoms with van der Waals surface area (Å²) in [5.41, 5.74) is 5.56. The lowest BCUT2D eigenvalue weighted by Gasteiger charge is -2.14. The second kappa shape index (κ2) is 10.4. The van der Waals surface area contributed by atoms with Crippen LogP contribution in [0.3, 0.4) is 0 Å². The number of hydrogen-bond acceptors (Lipinski definition) is 4. The highest BCUT2D eigenvalue weighted by atomic mass is 16.5. The van der Waals surface area contributed by atoms with E-state index in [0.717, 1.165) is 22.3 Å². The van der Waals surface area contributed by atoms with Gasteiger partial charge in [-0.05, 0) is 45.9 Å². The summed E-state index contributed by atoms with van der Waals surface area (Å²) < 4.78 is 5.42. The monoisotopic (exact) mass is 454 g/mol. The molecule has 2 amide bonds. The van der Waals surface area contributed by atoms with Crippen molar-refractivity contribution in [2.24, 2.45) is 0 Å². The average Bonchev–Trinajstić information content (AvgIpc) is 3.14. The summed E-state index contributed by atoms with van der Waals surface area (Å²) >= 11 is 0. The van der Waals surface area contributed by atoms with Gasteiger partial charge in [0.25, 0.3) is 5.91 Å². The summed E-state index contributed by atoms with van der Waals surface area (Å²) in [5, 5.41) is 14.0. The van der Waals surface area contributed by atoms with Gasteiger partial charge in [-0.1, -0.05) is 66.6 Å². The van der Waals surface area contributed by atoms with Gasteiger partial charge in [0.1, 0.15) is 6.61 Å². The Morgan fingerprint density at radius 3 is 2.26 bits per heavy atom. The number of anilines is 1. The molecule has 1 aliphatic carbocycles. The maximum absolute atomic E-state index is 12.1. The summed E-state index contributed by atoms with van der Waals surface area (Å²) in [4.78, 5) is 34.9. The lowest BCUT2D eigenvalue weighted by molar-refractivity contribution is -0.136. The number of carboxylic acid groups (broad SMARTS) is 1. The zero-order valence-corrected chi connectivity index (χ0v) is 18.2. The second-order valence-corrected chi connectivity index (χ2v) is 7.71. The van der Waals surface area contributed by atoms with Crippen molar-refractivity contribution in [2.75, 3.05) is 18.5 Å². The molecule has 3 N–H and O–H groups in total. The van der Waals surface area contributed by atoms with Crippen LogP contribution in [0.5, 0.6) is 0 Å². The van der Waals surface area contributed by atoms with Crippen molar-refractivity contribution in [1.82, 2.24) is 5.32 Å². The third-order valence-electron chi connectivity index (χ3n) is 5.41. The molecule has 7 nitrogen and oxygen atoms in total. The SMILES string of the molecule is O=C(O)Cc1cccc(NC(=O)C#CCNC(=O)OCC2c3ccccc3-c3ccccc32)c1. The molecule has 3 aromatic carbocycles. The van der Waals surface area contributed by atoms with Crippen LogP contribution in [0.4, 0.5) is 10.5 Å². The van der Waals surface area contributed by atoms with Gasteiger partial charge in [0.2, 0.25) is 0 Å². The zero-order valence-electron chi connectivity index (χ0n) is 18.2. The first-order valence-electron chi connectivity index (χ1n) is 10.7. The highest BCUT2D eigenvalue weighted by Gasteiger charge is 2.28. The van der Waals surface area contributed by atoms with Crippen molar-refractivity contribution in [2.45, 2.75) is 12.3 Å². The highest BCUT2D eigenvalue weighted by Crippen LogP contribution is 2.44. The Labute approximate surface area is 196 Å². The normalized spacial score (nSPS) is 11.4. The first kappa shape index (κ1) is 22.6. The van der Waals surface area contributed by atoms with Crippen molar-refractivity contribution in [3.8, 4) is 23.0 Å². The summed E-state index contributed by atoms with van der Waals surface area (Å²) in [5.74, 6) is 3.40. The lowest BCUT2D eigenvalue weighted by atomic mass is 9.98. The number of nitrogens with one attached hydrogen (secondary N) is 2. The second-order valence-electron chi connectivity index (χ2n) is 7.71. The Morgan fingerprint density at radius 1 is 0.912 bits per heavy atom. The van der Waals surface area contributed by atoms with Crippen LogP contribution < -0.4 is 10.6 Å². The Kier molecular flexibility index (Phi) is 6.89. The summed E-state index contributed by atoms with van der Waals surface area (Å²) in [6.45, 7) is 0.142. The van der Waals surface area contributed by atoms with Crippen LogP contribution in [0.1, 0.15) is 22.6 Å². The first-order chi connectivity index (χ1) is 16.5. The number of fused-ring (bicyclic) bond motifs is 3. The third-order valence-corrected chi connectivity index (χ3v) is 5.41. The summed E-state index contributed by atoms with van der Waals surface area (Å²) in [7, 11) is 0. The zero-order chi connectivity index (χ0) is 23.9. The van der Waals surface area contributed by atoms with Crippen molar-refractivity contribution in [3.05, 3.63) is 89.5 Å². The number of rotatable bonds is 6. The predicted molar refractivity (Wildman–Crippen MR) is 127 cm³/mol. The van der Waals surface area contributed by atoms with Crippen LogP contribution >= 0.6 is 0 Å². The Balaban J connectivity index is 1.26. The van der Waals surface area contributed by atoms with E-state index < -0.39 is 18.0 Å². The molecule has 0 fully saturated rings. The number of ether oxygens (including phenoxy) is 1. The fourth-order valence-electron chi connectivity index (χ4n) is 3.99. The molecule has 0 radical (unpaired) electrons. The van der Waals surface area contributed by atoms with E-state index in [1.54, 1.807) is 24.3 Å². The van der Waals surface area contributed by atoms with Gasteiger partial charge in [-0.2, -0.15) is 0 Å². The molecule has 34 heavy (non-hydrogen) atoms. The van der Waals surface area contributed by atoms with Crippen LogP contribution in [0, 0.1) is 11.8 Å². The molecule has 0 heterocycles. The maximum atomic E-state index is 12.1. The molecule has 0 bridgehead atoms. The molecule has 170 valence electrons. The van der Waals surface area contributed by atoms with Gasteiger partial charge in [0.05, 0.1) is 13.0 Å². The quantitative estimate of drug-likeness (QED) is 0.492. The van der Waals surface area contributed by atoms with E-state index in [0.29, 0.717) is 11.3 Å². The summed E-state index contributed by atoms with van der Waals surface area (Å²) in [6.07, 6.45) is -0.752. The van der Waals surface area contributed by atoms with Crippen molar-refractivity contribution < 1.29 is 24.2 Å². The average molecular weight is 454 g/mol. The number of hydrogen-bond donors (Lipinski definition) is 3. The van der Waals surface area contributed by atoms with Gasteiger partial charge in [-0.15, -0.1) is 0 Å². The topological polar surface area (TPSA) is 105 Å². The molecule has 1 aliphatic rings. The number of alkyl carbamates (subject to hydrolysis) is 1. The minimum Gasteiger partial charge on any atom is -0.481 e. The fourth-order valence-corrected chi connectivity index (χ4v) is 3.99. The standard InChI is InChI=1S/C27H22N2O5/c30-25(29-19-8-5-7-18(15-19)16-26(31)32)13-6-14-28-27(33)34-17-24-22-11-3-1-9-20(22)21-10-2-4-12-23(21)24/h1-5,7-12,15,24H,14,16-17H2,(H,28,33)(H,29,30)(H,31,32). The molecule has 0 saturated heterocycles. The van der Waals surface area contributed by atoms with E-state index >= 15 is 0 Å². The molecule has 0 spiro atoms. The van der Waals surface area contributed by atoms with Crippen LogP contribution in [0.2, 0.25) is 0 Å². The van der Waals surface area contributed by atoms with Crippen molar-refractivity contribution in [3.63, 3.8) is 0 Å². The first-order valence-corrected chi connectivity index (χ1v) is 10.7. The van der Waals surface area contributed by atoms with Crippen LogP contribution in [0.25, 0.3) is 11.1 Å². The molecule has 0 aliphatic heterocycles. The van der Waals surface area contributed by atoms with Crippen LogP contribution in [-0.4, -0.2) is 36.2 Å². The number of carbonyl (C=O) groups is 3. The third kappa shape index (κ3) is 5.43. The summed E-state index contributed by atoms with van der Waals surface area (Å²) in [6, 6.07) is 22.7. The smallest absolute Gasteiger partial charge is 0.407 e. The Hall–Kier alpha value is -4.57. The van der Waals surface area contributed by atoms with Crippen LogP contribution in [0.15, 0.2) is 72.8 Å². The van der Waals surface area contributed by atoms with Gasteiger partial charge < -0.3 is 20.5 Å². The molecule has 0 atom stereocenters. The molecule has 0 saturated carbocycles. The van der Waals surface area contributed by atoms with Gasteiger partial charge >= 0.3 is 12.1 Å². The van der Waals surface area contributed by atoms with Gasteiger partial charge in [0, 0.05) is 11.6 Å². The lowest BCUT2D eigenvalue weighted by Crippen LogP contribution is -2.26. The fraction of sp³-hybridized carbons (Fsp3) is 0.148. The van der Waals surface area contributed by atoms with Gasteiger partial charge in [0.15, 0.2) is 0 Å². The number of aliphatic carboxylic acids is 1. The largest absolute Gasteiger partial charge is 0.481 e. The number of carboxylic acids is 1. The molecule has 4 rings (SSSR count). The Morgan fingerprint density at radius 2 is 1.59 bits per heavy atom. The van der Waals surface area contributed by atoms with Crippen LogP contribution in [-0.2, 0) is 20.7 Å². The van der Waals surface area contributed by atoms with Gasteiger partial charge in [-0.25, -0.2) is 4.79 Å². The molecule has 0 aromatic heterocycles. The molecular formula is C27H22N2O5. The minimum atomic E-state index is -0.956. The molecule has 0 unspecified atom stereocenters.